The third-order valence-corrected chi connectivity index (χ3v) is 10.1. The summed E-state index contributed by atoms with van der Waals surface area (Å²) in [6, 6.07) is 24.2. The SMILES string of the molecule is CC[C@H](C)NC(=O)[C@@H](Cc1ccccc1)N(Cc1ccc(Cl)c(Cl)c1)C(=O)CN(c1ccccc1F)S(=O)(=O)c1ccc(C)cc1. The molecule has 11 heteroatoms. The number of carbonyl (C=O) groups is 2. The molecular weight excluding hydrogens is 648 g/mol. The smallest absolute Gasteiger partial charge is 0.264 e. The van der Waals surface area contributed by atoms with Crippen LogP contribution in [0, 0.1) is 12.7 Å². The van der Waals surface area contributed by atoms with E-state index in [9.17, 15) is 18.0 Å². The van der Waals surface area contributed by atoms with E-state index in [4.69, 9.17) is 23.2 Å². The van der Waals surface area contributed by atoms with Crippen molar-refractivity contribution in [3.8, 4) is 0 Å². The average Bonchev–Trinajstić information content (AvgIpc) is 3.04. The van der Waals surface area contributed by atoms with Crippen LogP contribution in [0.3, 0.4) is 0 Å². The molecule has 0 fully saturated rings. The van der Waals surface area contributed by atoms with E-state index >= 15 is 4.39 Å². The first-order valence-electron chi connectivity index (χ1n) is 14.8. The number of rotatable bonds is 13. The summed E-state index contributed by atoms with van der Waals surface area (Å²) in [5.41, 5.74) is 1.89. The van der Waals surface area contributed by atoms with Crippen molar-refractivity contribution in [2.75, 3.05) is 10.8 Å². The molecular formula is C35H36Cl2FN3O4S. The highest BCUT2D eigenvalue weighted by Crippen LogP contribution is 2.28. The minimum atomic E-state index is -4.43. The van der Waals surface area contributed by atoms with Crippen LogP contribution >= 0.6 is 23.2 Å². The quantitative estimate of drug-likeness (QED) is 0.162. The second kappa shape index (κ2) is 15.6. The van der Waals surface area contributed by atoms with Gasteiger partial charge in [-0.25, -0.2) is 12.8 Å². The van der Waals surface area contributed by atoms with Gasteiger partial charge in [0.1, 0.15) is 18.4 Å². The van der Waals surface area contributed by atoms with Gasteiger partial charge < -0.3 is 10.2 Å². The molecule has 4 aromatic carbocycles. The fraction of sp³-hybridized carbons (Fsp3) is 0.257. The van der Waals surface area contributed by atoms with Gasteiger partial charge in [0.05, 0.1) is 20.6 Å². The standard InChI is InChI=1S/C35H36Cl2FN3O4S/c1-4-25(3)39-35(43)33(21-26-10-6-5-7-11-26)40(22-27-16-19-29(36)30(37)20-27)34(42)23-41(32-13-9-8-12-31(32)38)46(44,45)28-17-14-24(2)15-18-28/h5-20,25,33H,4,21-23H2,1-3H3,(H,39,43)/t25-,33+/m0/s1. The minimum Gasteiger partial charge on any atom is -0.352 e. The summed E-state index contributed by atoms with van der Waals surface area (Å²) >= 11 is 12.5. The van der Waals surface area contributed by atoms with Crippen LogP contribution in [0.25, 0.3) is 0 Å². The number of amides is 2. The number of sulfonamides is 1. The predicted molar refractivity (Wildman–Crippen MR) is 181 cm³/mol. The first-order chi connectivity index (χ1) is 21.9. The van der Waals surface area contributed by atoms with E-state index in [1.54, 1.807) is 30.3 Å². The largest absolute Gasteiger partial charge is 0.352 e. The fourth-order valence-electron chi connectivity index (χ4n) is 4.83. The molecule has 4 rings (SSSR count). The van der Waals surface area contributed by atoms with E-state index in [1.807, 2.05) is 51.1 Å². The van der Waals surface area contributed by atoms with Crippen molar-refractivity contribution in [1.82, 2.24) is 10.2 Å². The van der Waals surface area contributed by atoms with E-state index < -0.39 is 40.2 Å². The summed E-state index contributed by atoms with van der Waals surface area (Å²) in [4.78, 5) is 29.6. The molecule has 4 aromatic rings. The molecule has 0 aliphatic carbocycles. The molecule has 0 unspecified atom stereocenters. The second-order valence-electron chi connectivity index (χ2n) is 11.1. The maximum atomic E-state index is 15.3. The molecule has 0 aliphatic rings. The summed E-state index contributed by atoms with van der Waals surface area (Å²) in [5, 5.41) is 3.54. The van der Waals surface area contributed by atoms with E-state index in [-0.39, 0.29) is 34.6 Å². The number of para-hydroxylation sites is 1. The van der Waals surface area contributed by atoms with Gasteiger partial charge in [0.2, 0.25) is 11.8 Å². The zero-order valence-electron chi connectivity index (χ0n) is 25.8. The minimum absolute atomic E-state index is 0.100. The topological polar surface area (TPSA) is 86.8 Å². The Bertz CT molecular complexity index is 1770. The molecule has 0 saturated heterocycles. The lowest BCUT2D eigenvalue weighted by molar-refractivity contribution is -0.140. The summed E-state index contributed by atoms with van der Waals surface area (Å²) < 4.78 is 44.1. The molecule has 0 aliphatic heterocycles. The number of aryl methyl sites for hydroxylation is 1. The van der Waals surface area contributed by atoms with E-state index in [1.165, 1.54) is 35.2 Å². The van der Waals surface area contributed by atoms with Crippen LogP contribution in [-0.4, -0.2) is 43.8 Å². The van der Waals surface area contributed by atoms with Gasteiger partial charge in [-0.2, -0.15) is 0 Å². The van der Waals surface area contributed by atoms with Crippen LogP contribution in [0.15, 0.2) is 102 Å². The van der Waals surface area contributed by atoms with Crippen LogP contribution < -0.4 is 9.62 Å². The van der Waals surface area contributed by atoms with Crippen molar-refractivity contribution >= 4 is 50.7 Å². The highest BCUT2D eigenvalue weighted by molar-refractivity contribution is 7.92. The first kappa shape index (κ1) is 34.9. The predicted octanol–water partition coefficient (Wildman–Crippen LogP) is 7.19. The third kappa shape index (κ3) is 8.66. The van der Waals surface area contributed by atoms with Crippen LogP contribution in [0.4, 0.5) is 10.1 Å². The molecule has 1 N–H and O–H groups in total. The number of carbonyl (C=O) groups excluding carboxylic acids is 2. The Morgan fingerprint density at radius 1 is 0.870 bits per heavy atom. The van der Waals surface area contributed by atoms with E-state index in [0.29, 0.717) is 17.0 Å². The van der Waals surface area contributed by atoms with Gasteiger partial charge >= 0.3 is 0 Å². The number of nitrogens with one attached hydrogen (secondary N) is 1. The number of nitrogens with zero attached hydrogens (tertiary/aromatic N) is 2. The molecule has 0 heterocycles. The number of benzene rings is 4. The zero-order chi connectivity index (χ0) is 33.4. The maximum absolute atomic E-state index is 15.3. The number of hydrogen-bond donors (Lipinski definition) is 1. The highest BCUT2D eigenvalue weighted by atomic mass is 35.5. The lowest BCUT2D eigenvalue weighted by atomic mass is 10.0. The van der Waals surface area contributed by atoms with Crippen molar-refractivity contribution in [1.29, 1.82) is 0 Å². The molecule has 0 bridgehead atoms. The van der Waals surface area contributed by atoms with Crippen LogP contribution in [0.5, 0.6) is 0 Å². The van der Waals surface area contributed by atoms with Gasteiger partial charge in [0, 0.05) is 19.0 Å². The molecule has 0 spiro atoms. The summed E-state index contributed by atoms with van der Waals surface area (Å²) in [6.07, 6.45) is 0.793. The highest BCUT2D eigenvalue weighted by Gasteiger charge is 2.35. The molecule has 2 atom stereocenters. The Morgan fingerprint density at radius 2 is 1.52 bits per heavy atom. The van der Waals surface area contributed by atoms with Gasteiger partial charge in [-0.1, -0.05) is 96.4 Å². The van der Waals surface area contributed by atoms with Gasteiger partial charge in [-0.05, 0) is 67.8 Å². The molecule has 242 valence electrons. The summed E-state index contributed by atoms with van der Waals surface area (Å²) in [7, 11) is -4.43. The van der Waals surface area contributed by atoms with Gasteiger partial charge in [0.15, 0.2) is 0 Å². The Kier molecular flexibility index (Phi) is 11.8. The van der Waals surface area contributed by atoms with Gasteiger partial charge in [0.25, 0.3) is 10.0 Å². The third-order valence-electron chi connectivity index (χ3n) is 7.62. The number of halogens is 3. The summed E-state index contributed by atoms with van der Waals surface area (Å²) in [6.45, 7) is 4.72. The van der Waals surface area contributed by atoms with Crippen molar-refractivity contribution in [2.24, 2.45) is 0 Å². The van der Waals surface area contributed by atoms with Crippen LogP contribution in [0.2, 0.25) is 10.0 Å². The fourth-order valence-corrected chi connectivity index (χ4v) is 6.58. The van der Waals surface area contributed by atoms with Gasteiger partial charge in [-0.3, -0.25) is 13.9 Å². The molecule has 7 nitrogen and oxygen atoms in total. The Balaban J connectivity index is 1.83. The normalized spacial score (nSPS) is 12.7. The lowest BCUT2D eigenvalue weighted by Crippen LogP contribution is -2.54. The van der Waals surface area contributed by atoms with Crippen molar-refractivity contribution in [2.45, 2.75) is 57.1 Å². The first-order valence-corrected chi connectivity index (χ1v) is 17.0. The number of anilines is 1. The summed E-state index contributed by atoms with van der Waals surface area (Å²) in [5.74, 6) is -1.95. The van der Waals surface area contributed by atoms with Crippen LogP contribution in [0.1, 0.15) is 37.0 Å². The van der Waals surface area contributed by atoms with E-state index in [0.717, 1.165) is 21.5 Å². The van der Waals surface area contributed by atoms with Crippen molar-refractivity contribution < 1.29 is 22.4 Å². The second-order valence-corrected chi connectivity index (χ2v) is 13.7. The molecule has 0 aromatic heterocycles. The Morgan fingerprint density at radius 3 is 2.15 bits per heavy atom. The molecule has 0 saturated carbocycles. The number of hydrogen-bond acceptors (Lipinski definition) is 4. The molecule has 46 heavy (non-hydrogen) atoms. The Labute approximate surface area is 280 Å². The van der Waals surface area contributed by atoms with Crippen molar-refractivity contribution in [3.05, 3.63) is 130 Å². The monoisotopic (exact) mass is 683 g/mol. The Hall–Kier alpha value is -3.92. The average molecular weight is 685 g/mol. The van der Waals surface area contributed by atoms with Crippen LogP contribution in [-0.2, 0) is 32.6 Å². The molecule has 2 amide bonds. The van der Waals surface area contributed by atoms with Gasteiger partial charge in [-0.15, -0.1) is 0 Å². The lowest BCUT2D eigenvalue weighted by Gasteiger charge is -2.34. The molecule has 0 radical (unpaired) electrons. The van der Waals surface area contributed by atoms with E-state index in [2.05, 4.69) is 5.32 Å². The van der Waals surface area contributed by atoms with Crippen molar-refractivity contribution in [3.63, 3.8) is 0 Å². The maximum Gasteiger partial charge on any atom is 0.264 e. The zero-order valence-corrected chi connectivity index (χ0v) is 28.1.